The summed E-state index contributed by atoms with van der Waals surface area (Å²) in [7, 11) is -2.21. The molecule has 0 saturated carbocycles. The molecule has 0 bridgehead atoms. The van der Waals surface area contributed by atoms with E-state index in [2.05, 4.69) is 0 Å². The number of rotatable bonds is 6. The van der Waals surface area contributed by atoms with Crippen LogP contribution >= 0.6 is 11.6 Å². The molecule has 0 saturated heterocycles. The van der Waals surface area contributed by atoms with Crippen LogP contribution < -0.4 is 5.73 Å². The number of nitrogen functional groups attached to an aromatic ring is 1. The van der Waals surface area contributed by atoms with Crippen LogP contribution in [0.1, 0.15) is 13.8 Å². The standard InChI is InChI=1S/C12H19ClN2O3S/c1-9(2)15(7-8-18-3)19(16,17)12-10(13)5-4-6-11(12)14/h4-6,9H,7-8,14H2,1-3H3. The molecule has 0 atom stereocenters. The van der Waals surface area contributed by atoms with Crippen molar-refractivity contribution in [2.45, 2.75) is 24.8 Å². The topological polar surface area (TPSA) is 72.6 Å². The molecule has 0 aliphatic carbocycles. The molecule has 7 heteroatoms. The SMILES string of the molecule is COCCN(C(C)C)S(=O)(=O)c1c(N)cccc1Cl. The minimum absolute atomic E-state index is 0.0403. The van der Waals surface area contributed by atoms with Gasteiger partial charge in [-0.25, -0.2) is 8.42 Å². The van der Waals surface area contributed by atoms with E-state index in [0.717, 1.165) is 0 Å². The predicted molar refractivity (Wildman–Crippen MR) is 76.8 cm³/mol. The molecule has 108 valence electrons. The lowest BCUT2D eigenvalue weighted by molar-refractivity contribution is 0.171. The average Bonchev–Trinajstić information content (AvgIpc) is 2.27. The zero-order valence-corrected chi connectivity index (χ0v) is 12.8. The van der Waals surface area contributed by atoms with Gasteiger partial charge in [0, 0.05) is 19.7 Å². The lowest BCUT2D eigenvalue weighted by atomic mass is 10.3. The minimum atomic E-state index is -3.74. The summed E-state index contributed by atoms with van der Waals surface area (Å²) >= 11 is 5.98. The van der Waals surface area contributed by atoms with Gasteiger partial charge in [0.15, 0.2) is 0 Å². The number of nitrogens with zero attached hydrogens (tertiary/aromatic N) is 1. The minimum Gasteiger partial charge on any atom is -0.398 e. The smallest absolute Gasteiger partial charge is 0.246 e. The number of anilines is 1. The molecule has 0 aliphatic heterocycles. The van der Waals surface area contributed by atoms with Gasteiger partial charge in [-0.1, -0.05) is 17.7 Å². The van der Waals surface area contributed by atoms with Crippen LogP contribution in [0.15, 0.2) is 23.1 Å². The van der Waals surface area contributed by atoms with Gasteiger partial charge < -0.3 is 10.5 Å². The maximum atomic E-state index is 12.6. The summed E-state index contributed by atoms with van der Waals surface area (Å²) in [6.45, 7) is 4.14. The van der Waals surface area contributed by atoms with Crippen molar-refractivity contribution in [2.75, 3.05) is 26.0 Å². The summed E-state index contributed by atoms with van der Waals surface area (Å²) in [4.78, 5) is -0.0403. The summed E-state index contributed by atoms with van der Waals surface area (Å²) in [5.41, 5.74) is 5.90. The van der Waals surface area contributed by atoms with E-state index in [9.17, 15) is 8.42 Å². The van der Waals surface area contributed by atoms with Crippen molar-refractivity contribution in [1.82, 2.24) is 4.31 Å². The number of hydrogen-bond donors (Lipinski definition) is 1. The predicted octanol–water partition coefficient (Wildman–Crippen LogP) is 1.97. The van der Waals surface area contributed by atoms with E-state index in [4.69, 9.17) is 22.1 Å². The molecule has 1 aromatic carbocycles. The fourth-order valence-corrected chi connectivity index (χ4v) is 4.01. The second-order valence-electron chi connectivity index (χ2n) is 4.36. The molecule has 0 fully saturated rings. The third-order valence-electron chi connectivity index (χ3n) is 2.66. The van der Waals surface area contributed by atoms with Gasteiger partial charge in [0.1, 0.15) is 4.90 Å². The molecule has 0 heterocycles. The van der Waals surface area contributed by atoms with Crippen LogP contribution in [0.2, 0.25) is 5.02 Å². The zero-order valence-electron chi connectivity index (χ0n) is 11.3. The van der Waals surface area contributed by atoms with E-state index < -0.39 is 10.0 Å². The molecule has 2 N–H and O–H groups in total. The Balaban J connectivity index is 3.27. The van der Waals surface area contributed by atoms with Gasteiger partial charge in [0.2, 0.25) is 10.0 Å². The highest BCUT2D eigenvalue weighted by molar-refractivity contribution is 7.89. The average molecular weight is 307 g/mol. The number of halogens is 1. The monoisotopic (exact) mass is 306 g/mol. The van der Waals surface area contributed by atoms with Crippen molar-refractivity contribution in [3.63, 3.8) is 0 Å². The van der Waals surface area contributed by atoms with E-state index in [1.807, 2.05) is 0 Å². The molecule has 1 rings (SSSR count). The Hall–Kier alpha value is -0.820. The number of sulfonamides is 1. The van der Waals surface area contributed by atoms with Crippen molar-refractivity contribution in [1.29, 1.82) is 0 Å². The van der Waals surface area contributed by atoms with Crippen LogP contribution in [0.5, 0.6) is 0 Å². The molecule has 0 aromatic heterocycles. The first-order valence-electron chi connectivity index (χ1n) is 5.87. The van der Waals surface area contributed by atoms with Crippen molar-refractivity contribution < 1.29 is 13.2 Å². The number of ether oxygens (including phenoxy) is 1. The number of benzene rings is 1. The second-order valence-corrected chi connectivity index (χ2v) is 6.60. The Morgan fingerprint density at radius 2 is 2.05 bits per heavy atom. The van der Waals surface area contributed by atoms with Gasteiger partial charge in [-0.2, -0.15) is 4.31 Å². The number of nitrogens with two attached hydrogens (primary N) is 1. The molecule has 0 unspecified atom stereocenters. The maximum Gasteiger partial charge on any atom is 0.246 e. The van der Waals surface area contributed by atoms with E-state index in [-0.39, 0.29) is 28.2 Å². The fourth-order valence-electron chi connectivity index (χ4n) is 1.75. The number of methoxy groups -OCH3 is 1. The van der Waals surface area contributed by atoms with Crippen LogP contribution in [0.25, 0.3) is 0 Å². The van der Waals surface area contributed by atoms with Crippen molar-refractivity contribution in [3.05, 3.63) is 23.2 Å². The summed E-state index contributed by atoms with van der Waals surface area (Å²) in [6.07, 6.45) is 0. The van der Waals surface area contributed by atoms with Crippen LogP contribution in [0.4, 0.5) is 5.69 Å². The number of hydrogen-bond acceptors (Lipinski definition) is 4. The van der Waals surface area contributed by atoms with Crippen molar-refractivity contribution >= 4 is 27.3 Å². The van der Waals surface area contributed by atoms with Gasteiger partial charge >= 0.3 is 0 Å². The Labute approximate surface area is 119 Å². The van der Waals surface area contributed by atoms with Crippen LogP contribution in [0.3, 0.4) is 0 Å². The van der Waals surface area contributed by atoms with Gasteiger partial charge in [-0.3, -0.25) is 0 Å². The Kier molecular flexibility index (Phi) is 5.61. The Morgan fingerprint density at radius 3 is 2.53 bits per heavy atom. The molecule has 0 radical (unpaired) electrons. The molecule has 0 amide bonds. The highest BCUT2D eigenvalue weighted by Gasteiger charge is 2.30. The quantitative estimate of drug-likeness (QED) is 0.816. The molecule has 1 aromatic rings. The fraction of sp³-hybridized carbons (Fsp3) is 0.500. The van der Waals surface area contributed by atoms with Crippen molar-refractivity contribution in [2.24, 2.45) is 0 Å². The van der Waals surface area contributed by atoms with E-state index in [1.54, 1.807) is 19.9 Å². The van der Waals surface area contributed by atoms with Gasteiger partial charge in [0.25, 0.3) is 0 Å². The Bertz CT molecular complexity index is 512. The molecule has 0 aliphatic rings. The normalized spacial score (nSPS) is 12.3. The first-order valence-corrected chi connectivity index (χ1v) is 7.69. The molecule has 0 spiro atoms. The van der Waals surface area contributed by atoms with Gasteiger partial charge in [0.05, 0.1) is 17.3 Å². The summed E-state index contributed by atoms with van der Waals surface area (Å²) in [5, 5.41) is 0.128. The van der Waals surface area contributed by atoms with Gasteiger partial charge in [-0.05, 0) is 26.0 Å². The molecule has 5 nitrogen and oxygen atoms in total. The molecular weight excluding hydrogens is 288 g/mol. The maximum absolute atomic E-state index is 12.6. The van der Waals surface area contributed by atoms with E-state index >= 15 is 0 Å². The molecular formula is C12H19ClN2O3S. The third-order valence-corrected chi connectivity index (χ3v) is 5.28. The largest absolute Gasteiger partial charge is 0.398 e. The highest BCUT2D eigenvalue weighted by atomic mass is 35.5. The van der Waals surface area contributed by atoms with E-state index in [1.165, 1.54) is 23.5 Å². The summed E-state index contributed by atoms with van der Waals surface area (Å²) in [5.74, 6) is 0. The third kappa shape index (κ3) is 3.60. The highest BCUT2D eigenvalue weighted by Crippen LogP contribution is 2.30. The second kappa shape index (κ2) is 6.56. The summed E-state index contributed by atoms with van der Waals surface area (Å²) in [6, 6.07) is 4.44. The summed E-state index contributed by atoms with van der Waals surface area (Å²) < 4.78 is 31.5. The van der Waals surface area contributed by atoms with Gasteiger partial charge in [-0.15, -0.1) is 0 Å². The van der Waals surface area contributed by atoms with Crippen LogP contribution in [0, 0.1) is 0 Å². The van der Waals surface area contributed by atoms with Crippen LogP contribution in [-0.2, 0) is 14.8 Å². The lowest BCUT2D eigenvalue weighted by Crippen LogP contribution is -2.39. The first kappa shape index (κ1) is 16.2. The zero-order chi connectivity index (χ0) is 14.6. The van der Waals surface area contributed by atoms with Crippen LogP contribution in [-0.4, -0.2) is 39.0 Å². The Morgan fingerprint density at radius 1 is 1.42 bits per heavy atom. The van der Waals surface area contributed by atoms with E-state index in [0.29, 0.717) is 6.61 Å². The molecule has 19 heavy (non-hydrogen) atoms. The van der Waals surface area contributed by atoms with Crippen molar-refractivity contribution in [3.8, 4) is 0 Å². The first-order chi connectivity index (χ1) is 8.82. The lowest BCUT2D eigenvalue weighted by Gasteiger charge is -2.26.